The Balaban J connectivity index is 2.07. The Labute approximate surface area is 101 Å². The first-order valence-corrected chi connectivity index (χ1v) is 5.79. The second-order valence-corrected chi connectivity index (χ2v) is 5.32. The van der Waals surface area contributed by atoms with Gasteiger partial charge in [0.25, 0.3) is 0 Å². The van der Waals surface area contributed by atoms with Gasteiger partial charge in [-0.05, 0) is 20.8 Å². The number of hydrogen-bond donors (Lipinski definition) is 0. The number of ether oxygens (including phenoxy) is 1. The predicted octanol–water partition coefficient (Wildman–Crippen LogP) is 0.226. The van der Waals surface area contributed by atoms with Gasteiger partial charge in [0.1, 0.15) is 11.4 Å². The predicted molar refractivity (Wildman–Crippen MR) is 65.0 cm³/mol. The van der Waals surface area contributed by atoms with Crippen LogP contribution >= 0.6 is 0 Å². The Morgan fingerprint density at radius 2 is 2.24 bits per heavy atom. The van der Waals surface area contributed by atoms with Crippen LogP contribution in [0.3, 0.4) is 0 Å². The summed E-state index contributed by atoms with van der Waals surface area (Å²) in [5, 5.41) is 3.91. The van der Waals surface area contributed by atoms with E-state index in [0.717, 1.165) is 16.9 Å². The molecular weight excluding hydrogens is 219 g/mol. The van der Waals surface area contributed by atoms with Gasteiger partial charge in [-0.15, -0.1) is 0 Å². The monoisotopic (exact) mass is 236 g/mol. The molecule has 2 rings (SSSR count). The normalized spacial score (nSPS) is 15.6. The third-order valence-electron chi connectivity index (χ3n) is 2.68. The maximum Gasteiger partial charge on any atom is 0.410 e. The van der Waals surface area contributed by atoms with E-state index in [1.807, 2.05) is 28.6 Å². The van der Waals surface area contributed by atoms with Gasteiger partial charge < -0.3 is 14.2 Å². The molecule has 0 saturated heterocycles. The van der Waals surface area contributed by atoms with Gasteiger partial charge in [0.15, 0.2) is 7.85 Å². The highest BCUT2D eigenvalue weighted by atomic mass is 16.6. The Kier molecular flexibility index (Phi) is 2.89. The zero-order valence-corrected chi connectivity index (χ0v) is 10.7. The molecule has 0 unspecified atom stereocenters. The van der Waals surface area contributed by atoms with Crippen LogP contribution < -0.4 is 5.59 Å². The summed E-state index contributed by atoms with van der Waals surface area (Å²) >= 11 is 0. The summed E-state index contributed by atoms with van der Waals surface area (Å²) in [6.45, 7) is 6.75. The maximum absolute atomic E-state index is 11.9. The molecule has 0 aromatic carbocycles. The fourth-order valence-electron chi connectivity index (χ4n) is 1.82. The Bertz CT molecular complexity index is 436. The third-order valence-corrected chi connectivity index (χ3v) is 2.68. The molecule has 0 spiro atoms. The molecule has 0 fully saturated rings. The lowest BCUT2D eigenvalue weighted by molar-refractivity contribution is 0.0219. The molecule has 1 aliphatic rings. The molecule has 0 aliphatic carbocycles. The van der Waals surface area contributed by atoms with Crippen molar-refractivity contribution in [3.05, 3.63) is 11.3 Å². The fourth-order valence-corrected chi connectivity index (χ4v) is 1.82. The second-order valence-electron chi connectivity index (χ2n) is 5.32. The highest BCUT2D eigenvalue weighted by Gasteiger charge is 2.28. The number of carbonyl (C=O) groups is 1. The Morgan fingerprint density at radius 3 is 2.88 bits per heavy atom. The molecule has 5 nitrogen and oxygen atoms in total. The number of fused-ring (bicyclic) bond motifs is 1. The van der Waals surface area contributed by atoms with Crippen LogP contribution in [0.1, 0.15) is 32.1 Å². The molecule has 2 heterocycles. The van der Waals surface area contributed by atoms with E-state index in [1.54, 1.807) is 4.90 Å². The summed E-state index contributed by atoms with van der Waals surface area (Å²) in [6.07, 6.45) is 0.429. The topological polar surface area (TPSA) is 55.6 Å². The summed E-state index contributed by atoms with van der Waals surface area (Å²) in [5.41, 5.74) is 1.41. The number of aromatic nitrogens is 1. The molecule has 92 valence electrons. The number of nitrogens with zero attached hydrogens (tertiary/aromatic N) is 2. The van der Waals surface area contributed by atoms with E-state index in [9.17, 15) is 4.79 Å². The van der Waals surface area contributed by atoms with E-state index < -0.39 is 5.60 Å². The lowest BCUT2D eigenvalue weighted by Crippen LogP contribution is -2.40. The van der Waals surface area contributed by atoms with Crippen molar-refractivity contribution in [3.8, 4) is 0 Å². The van der Waals surface area contributed by atoms with Crippen LogP contribution in [0.25, 0.3) is 0 Å². The van der Waals surface area contributed by atoms with Gasteiger partial charge in [-0.25, -0.2) is 4.79 Å². The van der Waals surface area contributed by atoms with E-state index >= 15 is 0 Å². The van der Waals surface area contributed by atoms with Crippen LogP contribution in [0.2, 0.25) is 0 Å². The van der Waals surface area contributed by atoms with Crippen molar-refractivity contribution in [2.75, 3.05) is 6.54 Å². The van der Waals surface area contributed by atoms with Gasteiger partial charge in [-0.3, -0.25) is 0 Å². The van der Waals surface area contributed by atoms with Gasteiger partial charge in [0.2, 0.25) is 0 Å². The SMILES string of the molecule is Bc1noc2c1CN(C(=O)OC(C)(C)C)CC2. The summed E-state index contributed by atoms with van der Waals surface area (Å²) in [5.74, 6) is 0.891. The first-order chi connectivity index (χ1) is 7.87. The largest absolute Gasteiger partial charge is 0.444 e. The molecule has 0 atom stereocenters. The van der Waals surface area contributed by atoms with Crippen LogP contribution in [0.15, 0.2) is 4.52 Å². The van der Waals surface area contributed by atoms with E-state index in [2.05, 4.69) is 5.16 Å². The first-order valence-electron chi connectivity index (χ1n) is 5.79. The molecular formula is C11H17BN2O3. The number of carbonyl (C=O) groups excluding carboxylic acids is 1. The van der Waals surface area contributed by atoms with Gasteiger partial charge in [-0.1, -0.05) is 5.16 Å². The lowest BCUT2D eigenvalue weighted by atomic mass is 9.95. The lowest BCUT2D eigenvalue weighted by Gasteiger charge is -2.29. The maximum atomic E-state index is 11.9. The number of rotatable bonds is 0. The number of hydrogen-bond acceptors (Lipinski definition) is 4. The van der Waals surface area contributed by atoms with Gasteiger partial charge >= 0.3 is 6.09 Å². The minimum Gasteiger partial charge on any atom is -0.444 e. The molecule has 1 amide bonds. The summed E-state index contributed by atoms with van der Waals surface area (Å²) in [6, 6.07) is 0. The third kappa shape index (κ3) is 2.62. The molecule has 1 aromatic heterocycles. The van der Waals surface area contributed by atoms with Crippen molar-refractivity contribution in [3.63, 3.8) is 0 Å². The molecule has 1 aromatic rings. The molecule has 0 radical (unpaired) electrons. The fraction of sp³-hybridized carbons (Fsp3) is 0.636. The molecule has 1 aliphatic heterocycles. The van der Waals surface area contributed by atoms with Crippen LogP contribution in [-0.4, -0.2) is 36.1 Å². The molecule has 6 heteroatoms. The Morgan fingerprint density at radius 1 is 1.53 bits per heavy atom. The van der Waals surface area contributed by atoms with Crippen molar-refractivity contribution in [1.82, 2.24) is 10.1 Å². The quantitative estimate of drug-likeness (QED) is 0.605. The van der Waals surface area contributed by atoms with Crippen molar-refractivity contribution in [1.29, 1.82) is 0 Å². The van der Waals surface area contributed by atoms with Gasteiger partial charge in [-0.2, -0.15) is 0 Å². The van der Waals surface area contributed by atoms with E-state index in [1.165, 1.54) is 0 Å². The zero-order chi connectivity index (χ0) is 12.6. The molecule has 17 heavy (non-hydrogen) atoms. The zero-order valence-electron chi connectivity index (χ0n) is 10.7. The van der Waals surface area contributed by atoms with Gasteiger partial charge in [0.05, 0.1) is 6.54 Å². The molecule has 0 N–H and O–H groups in total. The van der Waals surface area contributed by atoms with Gasteiger partial charge in [0, 0.05) is 24.1 Å². The standard InChI is InChI=1S/C11H17BN2O3/c1-11(2,3)16-10(15)14-5-4-8-7(6-14)9(12)13-17-8/h4-6,12H2,1-3H3. The van der Waals surface area contributed by atoms with Crippen LogP contribution in [-0.2, 0) is 17.7 Å². The van der Waals surface area contributed by atoms with Crippen molar-refractivity contribution >= 4 is 19.5 Å². The molecule has 0 saturated carbocycles. The van der Waals surface area contributed by atoms with E-state index in [0.29, 0.717) is 19.5 Å². The molecule has 0 bridgehead atoms. The van der Waals surface area contributed by atoms with Crippen molar-refractivity contribution < 1.29 is 14.1 Å². The average Bonchev–Trinajstić information content (AvgIpc) is 2.57. The summed E-state index contributed by atoms with van der Waals surface area (Å²) in [4.78, 5) is 13.6. The van der Waals surface area contributed by atoms with Crippen LogP contribution in [0, 0.1) is 0 Å². The van der Waals surface area contributed by atoms with Crippen molar-refractivity contribution in [2.24, 2.45) is 0 Å². The summed E-state index contributed by atoms with van der Waals surface area (Å²) < 4.78 is 10.5. The van der Waals surface area contributed by atoms with Crippen molar-refractivity contribution in [2.45, 2.75) is 39.3 Å². The van der Waals surface area contributed by atoms with E-state index in [4.69, 9.17) is 9.26 Å². The number of amides is 1. The highest BCUT2D eigenvalue weighted by molar-refractivity contribution is 6.31. The van der Waals surface area contributed by atoms with E-state index in [-0.39, 0.29) is 6.09 Å². The van der Waals surface area contributed by atoms with Crippen LogP contribution in [0.4, 0.5) is 4.79 Å². The summed E-state index contributed by atoms with van der Waals surface area (Å²) in [7, 11) is 1.89. The minimum atomic E-state index is -0.457. The van der Waals surface area contributed by atoms with Crippen LogP contribution in [0.5, 0.6) is 0 Å². The second kappa shape index (κ2) is 4.09. The first kappa shape index (κ1) is 12.0. The smallest absolute Gasteiger partial charge is 0.410 e. The Hall–Kier alpha value is -1.46. The minimum absolute atomic E-state index is 0.274. The highest BCUT2D eigenvalue weighted by Crippen LogP contribution is 2.19. The average molecular weight is 236 g/mol.